The van der Waals surface area contributed by atoms with Crippen molar-refractivity contribution in [1.29, 1.82) is 0 Å². The van der Waals surface area contributed by atoms with E-state index < -0.39 is 0 Å². The number of thioether (sulfide) groups is 1. The number of morpholine rings is 1. The van der Waals surface area contributed by atoms with Crippen molar-refractivity contribution in [3.63, 3.8) is 0 Å². The van der Waals surface area contributed by atoms with Gasteiger partial charge in [-0.2, -0.15) is 0 Å². The smallest absolute Gasteiger partial charge is 0.242 e. The molecule has 2 atom stereocenters. The van der Waals surface area contributed by atoms with Crippen LogP contribution < -0.4 is 5.32 Å². The Balaban J connectivity index is 1.44. The summed E-state index contributed by atoms with van der Waals surface area (Å²) in [7, 11) is 0. The SMILES string of the molecule is C[C@@H]1CN(C(=O)Cn2cc(SCC(=O)NC3CCCC3)c3ccccc32)C[C@H](C)O1. The van der Waals surface area contributed by atoms with Gasteiger partial charge >= 0.3 is 0 Å². The zero-order valence-corrected chi connectivity index (χ0v) is 18.6. The van der Waals surface area contributed by atoms with E-state index in [0.717, 1.165) is 28.6 Å². The Morgan fingerprint density at radius 3 is 2.57 bits per heavy atom. The van der Waals surface area contributed by atoms with Gasteiger partial charge in [-0.15, -0.1) is 11.8 Å². The number of aromatic nitrogens is 1. The fourth-order valence-electron chi connectivity index (χ4n) is 4.57. The van der Waals surface area contributed by atoms with Gasteiger partial charge in [0.25, 0.3) is 0 Å². The number of benzene rings is 1. The first-order valence-corrected chi connectivity index (χ1v) is 11.9. The zero-order chi connectivity index (χ0) is 21.1. The molecule has 7 heteroatoms. The molecule has 1 aromatic heterocycles. The molecular formula is C23H31N3O3S. The first-order chi connectivity index (χ1) is 14.5. The fourth-order valence-corrected chi connectivity index (χ4v) is 5.47. The molecule has 4 rings (SSSR count). The Morgan fingerprint density at radius 1 is 1.13 bits per heavy atom. The topological polar surface area (TPSA) is 63.6 Å². The Bertz CT molecular complexity index is 896. The van der Waals surface area contributed by atoms with Gasteiger partial charge in [0.2, 0.25) is 11.8 Å². The average molecular weight is 430 g/mol. The molecule has 1 aliphatic heterocycles. The summed E-state index contributed by atoms with van der Waals surface area (Å²) in [6.07, 6.45) is 6.74. The predicted octanol–water partition coefficient (Wildman–Crippen LogP) is 3.43. The number of hydrogen-bond acceptors (Lipinski definition) is 4. The van der Waals surface area contributed by atoms with Crippen LogP contribution in [-0.2, 0) is 20.9 Å². The van der Waals surface area contributed by atoms with Crippen molar-refractivity contribution in [2.24, 2.45) is 0 Å². The molecule has 2 aliphatic rings. The van der Waals surface area contributed by atoms with Gasteiger partial charge in [0.1, 0.15) is 6.54 Å². The van der Waals surface area contributed by atoms with Crippen LogP contribution in [0.5, 0.6) is 0 Å². The third kappa shape index (κ3) is 5.01. The van der Waals surface area contributed by atoms with Gasteiger partial charge in [0.05, 0.1) is 18.0 Å². The van der Waals surface area contributed by atoms with Crippen molar-refractivity contribution < 1.29 is 14.3 Å². The third-order valence-electron chi connectivity index (χ3n) is 5.91. The molecule has 1 aliphatic carbocycles. The largest absolute Gasteiger partial charge is 0.372 e. The van der Waals surface area contributed by atoms with E-state index in [-0.39, 0.29) is 24.0 Å². The number of carbonyl (C=O) groups excluding carboxylic acids is 2. The number of para-hydroxylation sites is 1. The van der Waals surface area contributed by atoms with E-state index in [9.17, 15) is 9.59 Å². The van der Waals surface area contributed by atoms with Gasteiger partial charge in [0.15, 0.2) is 0 Å². The molecule has 2 aromatic rings. The van der Waals surface area contributed by atoms with Crippen LogP contribution in [0.3, 0.4) is 0 Å². The Labute approximate surface area is 182 Å². The highest BCUT2D eigenvalue weighted by atomic mass is 32.2. The molecule has 0 radical (unpaired) electrons. The van der Waals surface area contributed by atoms with Crippen molar-refractivity contribution in [2.75, 3.05) is 18.8 Å². The van der Waals surface area contributed by atoms with Gasteiger partial charge in [0, 0.05) is 41.1 Å². The molecule has 2 fully saturated rings. The molecule has 2 heterocycles. The molecule has 6 nitrogen and oxygen atoms in total. The van der Waals surface area contributed by atoms with Crippen molar-refractivity contribution in [3.8, 4) is 0 Å². The summed E-state index contributed by atoms with van der Waals surface area (Å²) < 4.78 is 7.76. The van der Waals surface area contributed by atoms with E-state index in [0.29, 0.717) is 31.4 Å². The van der Waals surface area contributed by atoms with Crippen LogP contribution in [0.25, 0.3) is 10.9 Å². The van der Waals surface area contributed by atoms with Crippen molar-refractivity contribution >= 4 is 34.5 Å². The van der Waals surface area contributed by atoms with Crippen LogP contribution in [-0.4, -0.2) is 58.4 Å². The fraction of sp³-hybridized carbons (Fsp3) is 0.565. The molecule has 1 saturated heterocycles. The lowest BCUT2D eigenvalue weighted by atomic mass is 10.2. The summed E-state index contributed by atoms with van der Waals surface area (Å²) in [6.45, 7) is 5.57. The molecule has 162 valence electrons. The summed E-state index contributed by atoms with van der Waals surface area (Å²) in [6, 6.07) is 8.43. The van der Waals surface area contributed by atoms with Gasteiger partial charge in [-0.3, -0.25) is 9.59 Å². The van der Waals surface area contributed by atoms with E-state index in [1.54, 1.807) is 11.8 Å². The number of nitrogens with one attached hydrogen (secondary N) is 1. The number of hydrogen-bond donors (Lipinski definition) is 1. The number of carbonyl (C=O) groups is 2. The molecule has 0 spiro atoms. The van der Waals surface area contributed by atoms with Gasteiger partial charge < -0.3 is 19.5 Å². The average Bonchev–Trinajstić information content (AvgIpc) is 3.34. The van der Waals surface area contributed by atoms with Crippen LogP contribution >= 0.6 is 11.8 Å². The molecule has 2 amide bonds. The zero-order valence-electron chi connectivity index (χ0n) is 17.8. The molecule has 0 bridgehead atoms. The summed E-state index contributed by atoms with van der Waals surface area (Å²) in [5.74, 6) is 0.598. The van der Waals surface area contributed by atoms with Crippen LogP contribution in [0.15, 0.2) is 35.4 Å². The van der Waals surface area contributed by atoms with Gasteiger partial charge in [-0.25, -0.2) is 0 Å². The van der Waals surface area contributed by atoms with E-state index in [1.807, 2.05) is 47.7 Å². The van der Waals surface area contributed by atoms with Crippen LogP contribution in [0.1, 0.15) is 39.5 Å². The summed E-state index contributed by atoms with van der Waals surface area (Å²) >= 11 is 1.55. The number of amides is 2. The number of fused-ring (bicyclic) bond motifs is 1. The highest BCUT2D eigenvalue weighted by molar-refractivity contribution is 8.00. The van der Waals surface area contributed by atoms with Crippen LogP contribution in [0.2, 0.25) is 0 Å². The van der Waals surface area contributed by atoms with Crippen molar-refractivity contribution in [1.82, 2.24) is 14.8 Å². The van der Waals surface area contributed by atoms with E-state index in [1.165, 1.54) is 12.8 Å². The first kappa shape index (κ1) is 21.2. The molecule has 1 N–H and O–H groups in total. The van der Waals surface area contributed by atoms with Crippen LogP contribution in [0, 0.1) is 0 Å². The Kier molecular flexibility index (Phi) is 6.68. The maximum atomic E-state index is 12.9. The minimum atomic E-state index is 0.0589. The quantitative estimate of drug-likeness (QED) is 0.715. The molecule has 0 unspecified atom stereocenters. The second-order valence-electron chi connectivity index (χ2n) is 8.53. The van der Waals surface area contributed by atoms with E-state index in [2.05, 4.69) is 11.4 Å². The maximum absolute atomic E-state index is 12.9. The second-order valence-corrected chi connectivity index (χ2v) is 9.55. The molecule has 1 aromatic carbocycles. The summed E-state index contributed by atoms with van der Waals surface area (Å²) in [5.41, 5.74) is 1.03. The van der Waals surface area contributed by atoms with Gasteiger partial charge in [-0.1, -0.05) is 31.0 Å². The lowest BCUT2D eigenvalue weighted by Crippen LogP contribution is -2.49. The van der Waals surface area contributed by atoms with Crippen molar-refractivity contribution in [2.45, 2.75) is 69.2 Å². The second kappa shape index (κ2) is 9.43. The number of nitrogens with zero attached hydrogens (tertiary/aromatic N) is 2. The number of ether oxygens (including phenoxy) is 1. The van der Waals surface area contributed by atoms with Gasteiger partial charge in [-0.05, 0) is 32.8 Å². The standard InChI is InChI=1S/C23H31N3O3S/c1-16-11-26(12-17(2)29-16)23(28)14-25-13-21(19-9-5-6-10-20(19)25)30-15-22(27)24-18-7-3-4-8-18/h5-6,9-10,13,16-18H,3-4,7-8,11-12,14-15H2,1-2H3,(H,24,27)/t16-,17+. The summed E-state index contributed by atoms with van der Waals surface area (Å²) in [4.78, 5) is 28.2. The highest BCUT2D eigenvalue weighted by Gasteiger charge is 2.26. The lowest BCUT2D eigenvalue weighted by molar-refractivity contribution is -0.143. The maximum Gasteiger partial charge on any atom is 0.242 e. The lowest BCUT2D eigenvalue weighted by Gasteiger charge is -2.35. The Hall–Kier alpha value is -1.99. The normalized spacial score (nSPS) is 22.5. The molecule has 1 saturated carbocycles. The molecular weight excluding hydrogens is 398 g/mol. The minimum absolute atomic E-state index is 0.0589. The van der Waals surface area contributed by atoms with E-state index >= 15 is 0 Å². The predicted molar refractivity (Wildman–Crippen MR) is 120 cm³/mol. The van der Waals surface area contributed by atoms with Crippen molar-refractivity contribution in [3.05, 3.63) is 30.5 Å². The highest BCUT2D eigenvalue weighted by Crippen LogP contribution is 2.30. The third-order valence-corrected chi connectivity index (χ3v) is 6.95. The van der Waals surface area contributed by atoms with Crippen LogP contribution in [0.4, 0.5) is 0 Å². The number of rotatable bonds is 6. The minimum Gasteiger partial charge on any atom is -0.372 e. The monoisotopic (exact) mass is 429 g/mol. The first-order valence-electron chi connectivity index (χ1n) is 10.9. The Morgan fingerprint density at radius 2 is 1.83 bits per heavy atom. The molecule has 30 heavy (non-hydrogen) atoms. The summed E-state index contributed by atoms with van der Waals surface area (Å²) in [5, 5.41) is 4.24. The van der Waals surface area contributed by atoms with E-state index in [4.69, 9.17) is 4.74 Å².